The lowest BCUT2D eigenvalue weighted by Gasteiger charge is -2.16. The molecule has 0 saturated carbocycles. The van der Waals surface area contributed by atoms with Gasteiger partial charge in [0.25, 0.3) is 0 Å². The van der Waals surface area contributed by atoms with Crippen molar-refractivity contribution >= 4 is 16.7 Å². The number of hydrogen-bond donors (Lipinski definition) is 2. The predicted octanol–water partition coefficient (Wildman–Crippen LogP) is 1.62. The van der Waals surface area contributed by atoms with Crippen LogP contribution in [0.15, 0.2) is 24.3 Å². The molecule has 1 unspecified atom stereocenters. The zero-order chi connectivity index (χ0) is 10.4. The molecule has 1 aliphatic rings. The molecular weight excluding hydrogens is 188 g/mol. The number of nitrogens with two attached hydrogens (primary N) is 1. The third-order valence-electron chi connectivity index (χ3n) is 3.10. The molecule has 1 aromatic heterocycles. The van der Waals surface area contributed by atoms with Gasteiger partial charge in [-0.25, -0.2) is 0 Å². The van der Waals surface area contributed by atoms with E-state index in [1.807, 2.05) is 18.2 Å². The van der Waals surface area contributed by atoms with Crippen LogP contribution in [0.5, 0.6) is 0 Å². The molecule has 0 saturated heterocycles. The highest BCUT2D eigenvalue weighted by atomic mass is 16.1. The van der Waals surface area contributed by atoms with Crippen molar-refractivity contribution in [1.82, 2.24) is 4.98 Å². The summed E-state index contributed by atoms with van der Waals surface area (Å²) in [5.41, 5.74) is 8.63. The van der Waals surface area contributed by atoms with Gasteiger partial charge < -0.3 is 10.7 Å². The minimum atomic E-state index is -0.328. The van der Waals surface area contributed by atoms with Crippen LogP contribution in [0.1, 0.15) is 22.5 Å². The van der Waals surface area contributed by atoms with Crippen molar-refractivity contribution in [3.8, 4) is 0 Å². The van der Waals surface area contributed by atoms with E-state index in [2.05, 4.69) is 11.1 Å². The quantitative estimate of drug-likeness (QED) is 0.679. The van der Waals surface area contributed by atoms with E-state index in [1.165, 1.54) is 0 Å². The van der Waals surface area contributed by atoms with E-state index < -0.39 is 0 Å². The van der Waals surface area contributed by atoms with Crippen LogP contribution >= 0.6 is 0 Å². The Morgan fingerprint density at radius 1 is 1.33 bits per heavy atom. The fraction of sp³-hybridized carbons (Fsp3) is 0.250. The smallest absolute Gasteiger partial charge is 0.195 e. The normalized spacial score (nSPS) is 20.6. The second-order valence-corrected chi connectivity index (χ2v) is 4.03. The Morgan fingerprint density at radius 2 is 2.13 bits per heavy atom. The summed E-state index contributed by atoms with van der Waals surface area (Å²) < 4.78 is 0. The summed E-state index contributed by atoms with van der Waals surface area (Å²) in [5, 5.41) is 1.16. The number of nitrogens with one attached hydrogen (secondary N) is 1. The SMILES string of the molecule is NC1CCc2c([nH]c3ccccc23)C1=O. The highest BCUT2D eigenvalue weighted by Gasteiger charge is 2.27. The number of para-hydroxylation sites is 1. The van der Waals surface area contributed by atoms with Crippen LogP contribution in [0, 0.1) is 0 Å². The van der Waals surface area contributed by atoms with Gasteiger partial charge in [-0.15, -0.1) is 0 Å². The van der Waals surface area contributed by atoms with E-state index in [0.29, 0.717) is 0 Å². The molecule has 1 aliphatic carbocycles. The maximum Gasteiger partial charge on any atom is 0.195 e. The maximum atomic E-state index is 11.8. The van der Waals surface area contributed by atoms with Gasteiger partial charge in [0.1, 0.15) is 0 Å². The number of rotatable bonds is 0. The average Bonchev–Trinajstić information content (AvgIpc) is 2.63. The molecule has 0 amide bonds. The number of carbonyl (C=O) groups is 1. The minimum absolute atomic E-state index is 0.0486. The molecule has 1 heterocycles. The number of Topliss-reactive ketones (excluding diaryl/α,β-unsaturated/α-hetero) is 1. The van der Waals surface area contributed by atoms with Crippen molar-refractivity contribution in [2.45, 2.75) is 18.9 Å². The van der Waals surface area contributed by atoms with Crippen LogP contribution in [-0.2, 0) is 6.42 Å². The molecule has 3 rings (SSSR count). The first kappa shape index (κ1) is 8.68. The van der Waals surface area contributed by atoms with Crippen molar-refractivity contribution in [2.24, 2.45) is 5.73 Å². The van der Waals surface area contributed by atoms with E-state index >= 15 is 0 Å². The molecule has 0 fully saturated rings. The topological polar surface area (TPSA) is 58.9 Å². The molecule has 2 aromatic rings. The predicted molar refractivity (Wildman–Crippen MR) is 58.9 cm³/mol. The Bertz CT molecular complexity index is 542. The van der Waals surface area contributed by atoms with Crippen LogP contribution in [0.2, 0.25) is 0 Å². The van der Waals surface area contributed by atoms with Crippen molar-refractivity contribution in [3.63, 3.8) is 0 Å². The molecular formula is C12H12N2O. The second-order valence-electron chi connectivity index (χ2n) is 4.03. The lowest BCUT2D eigenvalue weighted by Crippen LogP contribution is -2.35. The summed E-state index contributed by atoms with van der Waals surface area (Å²) in [6, 6.07) is 7.68. The number of carbonyl (C=O) groups excluding carboxylic acids is 1. The van der Waals surface area contributed by atoms with Crippen LogP contribution in [0.25, 0.3) is 10.9 Å². The van der Waals surface area contributed by atoms with Crippen LogP contribution in [-0.4, -0.2) is 16.8 Å². The van der Waals surface area contributed by atoms with Gasteiger partial charge in [0.05, 0.1) is 11.7 Å². The highest BCUT2D eigenvalue weighted by molar-refractivity contribution is 6.06. The number of ketones is 1. The van der Waals surface area contributed by atoms with Gasteiger partial charge in [-0.1, -0.05) is 18.2 Å². The Hall–Kier alpha value is -1.61. The summed E-state index contributed by atoms with van der Waals surface area (Å²) >= 11 is 0. The fourth-order valence-electron chi connectivity index (χ4n) is 2.29. The molecule has 0 radical (unpaired) electrons. The monoisotopic (exact) mass is 200 g/mol. The molecule has 15 heavy (non-hydrogen) atoms. The molecule has 0 spiro atoms. The van der Waals surface area contributed by atoms with E-state index in [1.54, 1.807) is 0 Å². The van der Waals surface area contributed by atoms with E-state index in [-0.39, 0.29) is 11.8 Å². The summed E-state index contributed by atoms with van der Waals surface area (Å²) in [6.45, 7) is 0. The van der Waals surface area contributed by atoms with Crippen LogP contribution in [0.4, 0.5) is 0 Å². The van der Waals surface area contributed by atoms with Crippen molar-refractivity contribution < 1.29 is 4.79 Å². The molecule has 3 heteroatoms. The van der Waals surface area contributed by atoms with E-state index in [9.17, 15) is 4.79 Å². The molecule has 3 nitrogen and oxygen atoms in total. The van der Waals surface area contributed by atoms with Gasteiger partial charge in [-0.2, -0.15) is 0 Å². The van der Waals surface area contributed by atoms with Gasteiger partial charge >= 0.3 is 0 Å². The molecule has 76 valence electrons. The fourth-order valence-corrected chi connectivity index (χ4v) is 2.29. The van der Waals surface area contributed by atoms with Crippen LogP contribution in [0.3, 0.4) is 0 Å². The second kappa shape index (κ2) is 2.94. The third-order valence-corrected chi connectivity index (χ3v) is 3.10. The summed E-state index contributed by atoms with van der Waals surface area (Å²) in [6.07, 6.45) is 1.65. The molecule has 3 N–H and O–H groups in total. The number of aryl methyl sites for hydroxylation is 1. The first-order chi connectivity index (χ1) is 7.27. The molecule has 0 bridgehead atoms. The lowest BCUT2D eigenvalue weighted by molar-refractivity contribution is 0.0944. The summed E-state index contributed by atoms with van der Waals surface area (Å²) in [4.78, 5) is 15.0. The zero-order valence-corrected chi connectivity index (χ0v) is 8.29. The van der Waals surface area contributed by atoms with Gasteiger partial charge in [-0.3, -0.25) is 4.79 Å². The van der Waals surface area contributed by atoms with Gasteiger partial charge in [0, 0.05) is 10.9 Å². The molecule has 1 atom stereocenters. The Kier molecular flexibility index (Phi) is 1.70. The Balaban J connectivity index is 2.31. The number of hydrogen-bond acceptors (Lipinski definition) is 2. The number of aromatic nitrogens is 1. The van der Waals surface area contributed by atoms with E-state index in [4.69, 9.17) is 5.73 Å². The summed E-state index contributed by atoms with van der Waals surface area (Å²) in [7, 11) is 0. The number of aromatic amines is 1. The van der Waals surface area contributed by atoms with Crippen molar-refractivity contribution in [1.29, 1.82) is 0 Å². The van der Waals surface area contributed by atoms with Gasteiger partial charge in [0.15, 0.2) is 5.78 Å². The lowest BCUT2D eigenvalue weighted by atomic mass is 9.91. The average molecular weight is 200 g/mol. The molecule has 1 aromatic carbocycles. The van der Waals surface area contributed by atoms with Crippen LogP contribution < -0.4 is 5.73 Å². The summed E-state index contributed by atoms with van der Waals surface area (Å²) in [5.74, 6) is 0.0486. The van der Waals surface area contributed by atoms with E-state index in [0.717, 1.165) is 35.0 Å². The number of H-pyrrole nitrogens is 1. The Morgan fingerprint density at radius 3 is 3.00 bits per heavy atom. The first-order valence-electron chi connectivity index (χ1n) is 5.17. The van der Waals surface area contributed by atoms with Gasteiger partial charge in [0.2, 0.25) is 0 Å². The van der Waals surface area contributed by atoms with Gasteiger partial charge in [-0.05, 0) is 24.5 Å². The largest absolute Gasteiger partial charge is 0.352 e. The molecule has 0 aliphatic heterocycles. The van der Waals surface area contributed by atoms with Crippen molar-refractivity contribution in [2.75, 3.05) is 0 Å². The number of fused-ring (bicyclic) bond motifs is 3. The van der Waals surface area contributed by atoms with Crippen molar-refractivity contribution in [3.05, 3.63) is 35.5 Å². The Labute approximate surface area is 87.3 Å². The third kappa shape index (κ3) is 1.13. The maximum absolute atomic E-state index is 11.8. The zero-order valence-electron chi connectivity index (χ0n) is 8.29. The first-order valence-corrected chi connectivity index (χ1v) is 5.17. The highest BCUT2D eigenvalue weighted by Crippen LogP contribution is 2.28. The standard InChI is InChI=1S/C12H12N2O/c13-9-6-5-8-7-3-1-2-4-10(7)14-11(8)12(9)15/h1-4,9,14H,5-6,13H2. The minimum Gasteiger partial charge on any atom is -0.352 e. The number of benzene rings is 1.